The van der Waals surface area contributed by atoms with Crippen LogP contribution in [0.5, 0.6) is 0 Å². The Morgan fingerprint density at radius 1 is 1.16 bits per heavy atom. The van der Waals surface area contributed by atoms with Gasteiger partial charge in [-0.1, -0.05) is 19.8 Å². The first-order valence-corrected chi connectivity index (χ1v) is 11.7. The second-order valence-corrected chi connectivity index (χ2v) is 9.14. The second kappa shape index (κ2) is 10.3. The molecule has 5 N–H and O–H groups in total. The van der Waals surface area contributed by atoms with E-state index < -0.39 is 18.0 Å². The van der Waals surface area contributed by atoms with Gasteiger partial charge in [0.1, 0.15) is 0 Å². The quantitative estimate of drug-likeness (QED) is 0.452. The maximum absolute atomic E-state index is 12.9. The Morgan fingerprint density at radius 2 is 1.84 bits per heavy atom. The fourth-order valence-corrected chi connectivity index (χ4v) is 5.06. The number of primary amides is 1. The first-order valence-electron chi connectivity index (χ1n) is 10.6. The Morgan fingerprint density at radius 3 is 2.47 bits per heavy atom. The minimum Gasteiger partial charge on any atom is -0.366 e. The van der Waals surface area contributed by atoms with Gasteiger partial charge in [0.2, 0.25) is 17.7 Å². The summed E-state index contributed by atoms with van der Waals surface area (Å²) in [4.78, 5) is 51.7. The highest BCUT2D eigenvalue weighted by molar-refractivity contribution is 8.00. The third-order valence-electron chi connectivity index (χ3n) is 5.72. The molecule has 0 saturated carbocycles. The minimum atomic E-state index is -0.534. The molecule has 5 amide bonds. The monoisotopic (exact) mass is 462 g/mol. The van der Waals surface area contributed by atoms with Gasteiger partial charge in [-0.25, -0.2) is 4.79 Å². The van der Waals surface area contributed by atoms with Crippen molar-refractivity contribution in [1.29, 1.82) is 0 Å². The van der Waals surface area contributed by atoms with Gasteiger partial charge in [0.05, 0.1) is 29.4 Å². The molecule has 1 aromatic carbocycles. The number of unbranched alkanes of at least 4 members (excludes halogenated alkanes) is 1. The number of carbonyl (C=O) groups is 4. The Labute approximate surface area is 191 Å². The highest BCUT2D eigenvalue weighted by Gasteiger charge is 2.50. The number of rotatable bonds is 8. The van der Waals surface area contributed by atoms with Crippen molar-refractivity contribution in [1.82, 2.24) is 20.4 Å². The number of amides is 5. The van der Waals surface area contributed by atoms with E-state index in [9.17, 15) is 19.2 Å². The lowest BCUT2D eigenvalue weighted by molar-refractivity contribution is -0.140. The zero-order valence-corrected chi connectivity index (χ0v) is 19.3. The maximum atomic E-state index is 12.9. The van der Waals surface area contributed by atoms with Crippen molar-refractivity contribution in [3.05, 3.63) is 29.8 Å². The van der Waals surface area contributed by atoms with E-state index in [0.717, 1.165) is 24.2 Å². The number of urea groups is 1. The van der Waals surface area contributed by atoms with Crippen LogP contribution in [-0.2, 0) is 9.59 Å². The van der Waals surface area contributed by atoms with Crippen molar-refractivity contribution >= 4 is 41.2 Å². The van der Waals surface area contributed by atoms with Gasteiger partial charge in [0.15, 0.2) is 0 Å². The van der Waals surface area contributed by atoms with Crippen molar-refractivity contribution in [2.45, 2.75) is 43.9 Å². The number of nitrogens with zero attached hydrogens (tertiary/aromatic N) is 2. The van der Waals surface area contributed by atoms with Crippen molar-refractivity contribution < 1.29 is 19.2 Å². The predicted molar refractivity (Wildman–Crippen MR) is 123 cm³/mol. The third-order valence-corrected chi connectivity index (χ3v) is 6.94. The summed E-state index contributed by atoms with van der Waals surface area (Å²) in [7, 11) is 3.16. The van der Waals surface area contributed by atoms with Crippen LogP contribution in [0.25, 0.3) is 0 Å². The molecule has 0 spiro atoms. The molecule has 0 bridgehead atoms. The van der Waals surface area contributed by atoms with Gasteiger partial charge in [-0.05, 0) is 30.7 Å². The summed E-state index contributed by atoms with van der Waals surface area (Å²) in [5.74, 6) is -1.44. The molecule has 1 aromatic rings. The molecule has 3 rings (SSSR count). The molecule has 2 aliphatic heterocycles. The zero-order chi connectivity index (χ0) is 23.4. The number of thioether (sulfide) groups is 1. The van der Waals surface area contributed by atoms with Gasteiger partial charge in [0, 0.05) is 25.3 Å². The molecule has 0 aliphatic carbocycles. The average molecular weight is 463 g/mol. The van der Waals surface area contributed by atoms with E-state index in [4.69, 9.17) is 5.73 Å². The van der Waals surface area contributed by atoms with Gasteiger partial charge >= 0.3 is 6.03 Å². The molecule has 174 valence electrons. The van der Waals surface area contributed by atoms with Gasteiger partial charge in [-0.3, -0.25) is 29.9 Å². The van der Waals surface area contributed by atoms with E-state index in [1.54, 1.807) is 36.2 Å². The van der Waals surface area contributed by atoms with Crippen LogP contribution in [0, 0.1) is 5.92 Å². The molecule has 2 fully saturated rings. The summed E-state index contributed by atoms with van der Waals surface area (Å²) >= 11 is 1.34. The Hall–Kier alpha value is -2.63. The largest absolute Gasteiger partial charge is 0.366 e. The summed E-state index contributed by atoms with van der Waals surface area (Å²) in [6, 6.07) is 5.98. The molecular formula is C21H30N6O4S. The first kappa shape index (κ1) is 24.0. The summed E-state index contributed by atoms with van der Waals surface area (Å²) in [6.45, 7) is 2.10. The number of fused-ring (bicyclic) bond motifs is 1. The van der Waals surface area contributed by atoms with Crippen LogP contribution in [0.4, 0.5) is 10.5 Å². The number of imide groups is 1. The van der Waals surface area contributed by atoms with Gasteiger partial charge in [-0.2, -0.15) is 0 Å². The number of hydrogen-bond donors (Lipinski definition) is 4. The highest BCUT2D eigenvalue weighted by Crippen LogP contribution is 2.32. The third kappa shape index (κ3) is 5.22. The molecule has 4 unspecified atom stereocenters. The fraction of sp³-hybridized carbons (Fsp3) is 0.524. The van der Waals surface area contributed by atoms with Crippen molar-refractivity contribution in [3.8, 4) is 0 Å². The van der Waals surface area contributed by atoms with Crippen molar-refractivity contribution in [2.75, 3.05) is 25.2 Å². The normalized spacial score (nSPS) is 25.5. The van der Waals surface area contributed by atoms with E-state index in [0.29, 0.717) is 11.3 Å². The SMILES string of the molecule is CCCCC1NC(SCC(=O)Nc2ccc(C(N)=O)cc2)C2C(=O)N(C)C(=O)N(C)C2N1. The van der Waals surface area contributed by atoms with Crippen LogP contribution in [0.2, 0.25) is 0 Å². The summed E-state index contributed by atoms with van der Waals surface area (Å²) in [6.07, 6.45) is 2.37. The Balaban J connectivity index is 1.67. The summed E-state index contributed by atoms with van der Waals surface area (Å²) < 4.78 is 0. The number of nitrogens with one attached hydrogen (secondary N) is 3. The molecule has 0 radical (unpaired) electrons. The molecule has 10 nitrogen and oxygen atoms in total. The number of anilines is 1. The van der Waals surface area contributed by atoms with E-state index in [-0.39, 0.29) is 35.1 Å². The minimum absolute atomic E-state index is 0.0652. The summed E-state index contributed by atoms with van der Waals surface area (Å²) in [5.41, 5.74) is 6.15. The molecular weight excluding hydrogens is 432 g/mol. The number of carbonyl (C=O) groups excluding carboxylic acids is 4. The lowest BCUT2D eigenvalue weighted by Crippen LogP contribution is -2.74. The van der Waals surface area contributed by atoms with E-state index in [1.807, 2.05) is 0 Å². The van der Waals surface area contributed by atoms with Crippen LogP contribution < -0.4 is 21.7 Å². The average Bonchev–Trinajstić information content (AvgIpc) is 2.78. The molecule has 11 heteroatoms. The van der Waals surface area contributed by atoms with Crippen molar-refractivity contribution in [3.63, 3.8) is 0 Å². The molecule has 2 saturated heterocycles. The first-order chi connectivity index (χ1) is 15.2. The highest BCUT2D eigenvalue weighted by atomic mass is 32.2. The maximum Gasteiger partial charge on any atom is 0.327 e. The van der Waals surface area contributed by atoms with Gasteiger partial charge < -0.3 is 16.0 Å². The number of benzene rings is 1. The number of hydrogen-bond acceptors (Lipinski definition) is 7. The van der Waals surface area contributed by atoms with E-state index in [1.165, 1.54) is 18.8 Å². The standard InChI is InChI=1S/C21H30N6O4S/c1-4-5-6-14-24-18-16(20(30)27(3)21(31)26(18)2)19(25-14)32-11-15(28)23-13-9-7-12(8-10-13)17(22)29/h7-10,14,16,18-19,24-25H,4-6,11H2,1-3H3,(H2,22,29)(H,23,28). The predicted octanol–water partition coefficient (Wildman–Crippen LogP) is 0.959. The molecule has 2 aliphatic rings. The number of nitrogens with two attached hydrogens (primary N) is 1. The zero-order valence-electron chi connectivity index (χ0n) is 18.5. The van der Waals surface area contributed by atoms with Crippen LogP contribution in [0.3, 0.4) is 0 Å². The Kier molecular flexibility index (Phi) is 7.75. The molecule has 0 aromatic heterocycles. The van der Waals surface area contributed by atoms with Crippen LogP contribution >= 0.6 is 11.8 Å². The smallest absolute Gasteiger partial charge is 0.327 e. The topological polar surface area (TPSA) is 137 Å². The van der Waals surface area contributed by atoms with Crippen LogP contribution in [0.15, 0.2) is 24.3 Å². The van der Waals surface area contributed by atoms with E-state index in [2.05, 4.69) is 22.9 Å². The fourth-order valence-electron chi connectivity index (χ4n) is 3.92. The Bertz CT molecular complexity index is 880. The molecule has 4 atom stereocenters. The van der Waals surface area contributed by atoms with Gasteiger partial charge in [-0.15, -0.1) is 11.8 Å². The van der Waals surface area contributed by atoms with Crippen molar-refractivity contribution in [2.24, 2.45) is 11.7 Å². The van der Waals surface area contributed by atoms with Crippen LogP contribution in [0.1, 0.15) is 36.5 Å². The van der Waals surface area contributed by atoms with E-state index >= 15 is 0 Å². The van der Waals surface area contributed by atoms with Crippen LogP contribution in [-0.4, -0.2) is 71.1 Å². The van der Waals surface area contributed by atoms with Gasteiger partial charge in [0.25, 0.3) is 0 Å². The lowest BCUT2D eigenvalue weighted by atomic mass is 9.96. The molecule has 2 heterocycles. The molecule has 32 heavy (non-hydrogen) atoms. The lowest BCUT2D eigenvalue weighted by Gasteiger charge is -2.50. The summed E-state index contributed by atoms with van der Waals surface area (Å²) in [5, 5.41) is 9.29. The second-order valence-electron chi connectivity index (χ2n) is 8.01.